The third kappa shape index (κ3) is 4.10. The summed E-state index contributed by atoms with van der Waals surface area (Å²) in [6, 6.07) is 11.9. The summed E-state index contributed by atoms with van der Waals surface area (Å²) in [5, 5.41) is 2.20. The van der Waals surface area contributed by atoms with Crippen LogP contribution >= 0.6 is 15.9 Å². The molecule has 1 aliphatic carbocycles. The van der Waals surface area contributed by atoms with Crippen LogP contribution in [0.3, 0.4) is 0 Å². The molecule has 0 aromatic heterocycles. The quantitative estimate of drug-likeness (QED) is 0.745. The number of amides is 2. The predicted octanol–water partition coefficient (Wildman–Crippen LogP) is 3.45. The van der Waals surface area contributed by atoms with E-state index in [1.54, 1.807) is 4.90 Å². The first kappa shape index (κ1) is 18.3. The number of halogens is 1. The first-order valence-corrected chi connectivity index (χ1v) is 10.3. The molecule has 2 amide bonds. The van der Waals surface area contributed by atoms with Crippen molar-refractivity contribution in [1.82, 2.24) is 9.80 Å². The lowest BCUT2D eigenvalue weighted by Crippen LogP contribution is -2.53. The maximum Gasteiger partial charge on any atom is 0.260 e. The third-order valence-electron chi connectivity index (χ3n) is 5.53. The molecule has 5 nitrogen and oxygen atoms in total. The fourth-order valence-corrected chi connectivity index (χ4v) is 3.99. The number of benzene rings is 2. The van der Waals surface area contributed by atoms with Gasteiger partial charge in [0.2, 0.25) is 5.91 Å². The van der Waals surface area contributed by atoms with Crippen molar-refractivity contribution < 1.29 is 14.3 Å². The van der Waals surface area contributed by atoms with E-state index in [4.69, 9.17) is 4.74 Å². The Labute approximate surface area is 167 Å². The summed E-state index contributed by atoms with van der Waals surface area (Å²) in [5.41, 5.74) is 0. The highest BCUT2D eigenvalue weighted by Crippen LogP contribution is 2.28. The van der Waals surface area contributed by atoms with Crippen molar-refractivity contribution in [1.29, 1.82) is 0 Å². The first-order chi connectivity index (χ1) is 13.1. The molecule has 1 saturated heterocycles. The van der Waals surface area contributed by atoms with E-state index < -0.39 is 0 Å². The van der Waals surface area contributed by atoms with Gasteiger partial charge in [0.05, 0.1) is 0 Å². The van der Waals surface area contributed by atoms with Crippen LogP contribution in [-0.4, -0.2) is 54.4 Å². The van der Waals surface area contributed by atoms with Crippen molar-refractivity contribution in [2.24, 2.45) is 5.92 Å². The smallest absolute Gasteiger partial charge is 0.260 e. The van der Waals surface area contributed by atoms with E-state index in [0.717, 1.165) is 34.5 Å². The van der Waals surface area contributed by atoms with Crippen LogP contribution in [0.25, 0.3) is 10.8 Å². The number of rotatable bonds is 4. The van der Waals surface area contributed by atoms with Crippen LogP contribution in [0.1, 0.15) is 19.3 Å². The van der Waals surface area contributed by atoms with E-state index in [2.05, 4.69) is 22.0 Å². The lowest BCUT2D eigenvalue weighted by Gasteiger charge is -2.38. The molecule has 0 spiro atoms. The van der Waals surface area contributed by atoms with E-state index in [0.29, 0.717) is 31.9 Å². The molecule has 0 atom stereocenters. The van der Waals surface area contributed by atoms with Crippen molar-refractivity contribution in [2.75, 3.05) is 32.8 Å². The van der Waals surface area contributed by atoms with Gasteiger partial charge in [-0.2, -0.15) is 0 Å². The lowest BCUT2D eigenvalue weighted by molar-refractivity contribution is -0.144. The molecule has 2 fully saturated rings. The van der Waals surface area contributed by atoms with Crippen molar-refractivity contribution in [3.8, 4) is 5.75 Å². The van der Waals surface area contributed by atoms with E-state index in [1.807, 2.05) is 35.2 Å². The first-order valence-electron chi connectivity index (χ1n) is 9.49. The fourth-order valence-electron chi connectivity index (χ4n) is 3.61. The zero-order valence-corrected chi connectivity index (χ0v) is 16.8. The second kappa shape index (κ2) is 7.89. The fraction of sp³-hybridized carbons (Fsp3) is 0.429. The minimum Gasteiger partial charge on any atom is -0.484 e. The average molecular weight is 431 g/mol. The van der Waals surface area contributed by atoms with Crippen LogP contribution in [0.5, 0.6) is 5.75 Å². The number of piperazine rings is 1. The Morgan fingerprint density at radius 3 is 2.33 bits per heavy atom. The molecule has 1 saturated carbocycles. The summed E-state index contributed by atoms with van der Waals surface area (Å²) in [7, 11) is 0. The minimum atomic E-state index is -0.0263. The van der Waals surface area contributed by atoms with Gasteiger partial charge in [-0.25, -0.2) is 0 Å². The van der Waals surface area contributed by atoms with Crippen molar-refractivity contribution in [3.05, 3.63) is 40.9 Å². The zero-order chi connectivity index (χ0) is 18.8. The number of carbonyl (C=O) groups excluding carboxylic acids is 2. The number of ether oxygens (including phenoxy) is 1. The Bertz CT molecular complexity index is 858. The highest BCUT2D eigenvalue weighted by atomic mass is 79.9. The Kier molecular flexibility index (Phi) is 5.34. The Balaban J connectivity index is 1.28. The monoisotopic (exact) mass is 430 g/mol. The van der Waals surface area contributed by atoms with Gasteiger partial charge in [-0.05, 0) is 47.9 Å². The Hall–Kier alpha value is -2.08. The van der Waals surface area contributed by atoms with Gasteiger partial charge < -0.3 is 14.5 Å². The van der Waals surface area contributed by atoms with Gasteiger partial charge in [-0.15, -0.1) is 0 Å². The van der Waals surface area contributed by atoms with Crippen LogP contribution < -0.4 is 4.74 Å². The Morgan fingerprint density at radius 2 is 1.63 bits per heavy atom. The van der Waals surface area contributed by atoms with Gasteiger partial charge in [0.1, 0.15) is 5.75 Å². The normalized spacial score (nSPS) is 17.7. The van der Waals surface area contributed by atoms with E-state index in [1.165, 1.54) is 0 Å². The number of hydrogen-bond donors (Lipinski definition) is 0. The molecule has 0 N–H and O–H groups in total. The average Bonchev–Trinajstić information content (AvgIpc) is 2.64. The van der Waals surface area contributed by atoms with Crippen LogP contribution in [-0.2, 0) is 9.59 Å². The van der Waals surface area contributed by atoms with Gasteiger partial charge in [-0.1, -0.05) is 34.5 Å². The number of hydrogen-bond acceptors (Lipinski definition) is 3. The number of nitrogens with zero attached hydrogens (tertiary/aromatic N) is 2. The molecule has 2 aromatic carbocycles. The van der Waals surface area contributed by atoms with Gasteiger partial charge in [0.15, 0.2) is 6.61 Å². The Morgan fingerprint density at radius 1 is 0.963 bits per heavy atom. The van der Waals surface area contributed by atoms with Gasteiger partial charge in [-0.3, -0.25) is 9.59 Å². The molecule has 0 radical (unpaired) electrons. The second-order valence-electron chi connectivity index (χ2n) is 7.28. The predicted molar refractivity (Wildman–Crippen MR) is 108 cm³/mol. The largest absolute Gasteiger partial charge is 0.484 e. The summed E-state index contributed by atoms with van der Waals surface area (Å²) in [5.74, 6) is 1.16. The number of carbonyl (C=O) groups is 2. The molecule has 27 heavy (non-hydrogen) atoms. The molecular formula is C21H23BrN2O3. The van der Waals surface area contributed by atoms with Crippen LogP contribution in [0, 0.1) is 5.92 Å². The van der Waals surface area contributed by atoms with Crippen LogP contribution in [0.15, 0.2) is 40.9 Å². The minimum absolute atomic E-state index is 0.0263. The third-order valence-corrected chi connectivity index (χ3v) is 6.03. The van der Waals surface area contributed by atoms with Crippen molar-refractivity contribution >= 4 is 38.5 Å². The van der Waals surface area contributed by atoms with E-state index in [-0.39, 0.29) is 24.3 Å². The molecule has 0 bridgehead atoms. The highest BCUT2D eigenvalue weighted by Gasteiger charge is 2.32. The van der Waals surface area contributed by atoms with Crippen LogP contribution in [0.4, 0.5) is 0 Å². The molecule has 142 valence electrons. The van der Waals surface area contributed by atoms with E-state index in [9.17, 15) is 9.59 Å². The molecule has 4 rings (SSSR count). The van der Waals surface area contributed by atoms with Crippen molar-refractivity contribution in [3.63, 3.8) is 0 Å². The topological polar surface area (TPSA) is 49.9 Å². The lowest BCUT2D eigenvalue weighted by atomic mass is 9.84. The second-order valence-corrected chi connectivity index (χ2v) is 8.19. The number of fused-ring (bicyclic) bond motifs is 1. The summed E-state index contributed by atoms with van der Waals surface area (Å²) in [6.45, 7) is 2.47. The molecule has 2 aliphatic rings. The van der Waals surface area contributed by atoms with Crippen molar-refractivity contribution in [2.45, 2.75) is 19.3 Å². The SMILES string of the molecule is O=C(COc1ccc2cc(Br)ccc2c1)N1CCN(C(=O)C2CCC2)CC1. The van der Waals surface area contributed by atoms with Crippen LogP contribution in [0.2, 0.25) is 0 Å². The maximum atomic E-state index is 12.4. The maximum absolute atomic E-state index is 12.4. The van der Waals surface area contributed by atoms with Gasteiger partial charge in [0.25, 0.3) is 5.91 Å². The van der Waals surface area contributed by atoms with Gasteiger partial charge >= 0.3 is 0 Å². The summed E-state index contributed by atoms with van der Waals surface area (Å²) < 4.78 is 6.75. The summed E-state index contributed by atoms with van der Waals surface area (Å²) in [6.07, 6.45) is 3.21. The van der Waals surface area contributed by atoms with E-state index >= 15 is 0 Å². The molecule has 2 aromatic rings. The summed E-state index contributed by atoms with van der Waals surface area (Å²) in [4.78, 5) is 28.4. The molecular weight excluding hydrogens is 408 g/mol. The molecule has 1 aliphatic heterocycles. The molecule has 6 heteroatoms. The molecule has 1 heterocycles. The molecule has 0 unspecified atom stereocenters. The standard InChI is InChI=1S/C21H23BrN2O3/c22-18-6-4-17-13-19(7-5-16(17)12-18)27-14-20(25)23-8-10-24(11-9-23)21(26)15-2-1-3-15/h4-7,12-13,15H,1-3,8-11,14H2. The van der Waals surface area contributed by atoms with Gasteiger partial charge in [0, 0.05) is 36.6 Å². The highest BCUT2D eigenvalue weighted by molar-refractivity contribution is 9.10. The summed E-state index contributed by atoms with van der Waals surface area (Å²) >= 11 is 3.47. The zero-order valence-electron chi connectivity index (χ0n) is 15.2.